The number of carbonyl (C=O) groups is 1. The molecule has 0 spiro atoms. The van der Waals surface area contributed by atoms with Gasteiger partial charge in [-0.2, -0.15) is 0 Å². The summed E-state index contributed by atoms with van der Waals surface area (Å²) in [6, 6.07) is 0. The second-order valence-corrected chi connectivity index (χ2v) is 11.1. The average molecular weight is 244 g/mol. The highest BCUT2D eigenvalue weighted by Crippen LogP contribution is 2.36. The summed E-state index contributed by atoms with van der Waals surface area (Å²) in [6.45, 7) is 14.4. The first kappa shape index (κ1) is 15.8. The summed E-state index contributed by atoms with van der Waals surface area (Å²) in [5.74, 6) is 0.593. The first-order valence-corrected chi connectivity index (χ1v) is 9.19. The van der Waals surface area contributed by atoms with E-state index in [1.165, 1.54) is 0 Å². The van der Waals surface area contributed by atoms with E-state index in [2.05, 4.69) is 40.8 Å². The van der Waals surface area contributed by atoms with Crippen LogP contribution in [0.5, 0.6) is 0 Å². The van der Waals surface area contributed by atoms with Crippen molar-refractivity contribution in [2.75, 3.05) is 6.61 Å². The SMILES string of the molecule is CC(CCC=O)CCO[Si](C)(C)C(C)(C)C. The van der Waals surface area contributed by atoms with E-state index in [0.29, 0.717) is 17.4 Å². The van der Waals surface area contributed by atoms with Crippen molar-refractivity contribution in [3.05, 3.63) is 0 Å². The lowest BCUT2D eigenvalue weighted by atomic mass is 10.0. The van der Waals surface area contributed by atoms with Crippen LogP contribution in [0.4, 0.5) is 0 Å². The number of carbonyl (C=O) groups excluding carboxylic acids is 1. The van der Waals surface area contributed by atoms with Crippen molar-refractivity contribution in [2.45, 2.75) is 65.1 Å². The molecule has 1 unspecified atom stereocenters. The second-order valence-electron chi connectivity index (χ2n) is 6.25. The molecule has 96 valence electrons. The van der Waals surface area contributed by atoms with Crippen molar-refractivity contribution in [2.24, 2.45) is 5.92 Å². The van der Waals surface area contributed by atoms with Crippen LogP contribution < -0.4 is 0 Å². The molecular formula is C13H28O2Si. The predicted octanol–water partition coefficient (Wildman–Crippen LogP) is 4.01. The number of rotatable bonds is 7. The summed E-state index contributed by atoms with van der Waals surface area (Å²) in [5.41, 5.74) is 0. The monoisotopic (exact) mass is 244 g/mol. The van der Waals surface area contributed by atoms with Gasteiger partial charge in [0.05, 0.1) is 0 Å². The molecule has 16 heavy (non-hydrogen) atoms. The summed E-state index contributed by atoms with van der Waals surface area (Å²) >= 11 is 0. The van der Waals surface area contributed by atoms with Gasteiger partial charge in [0.15, 0.2) is 8.32 Å². The van der Waals surface area contributed by atoms with E-state index in [1.54, 1.807) is 0 Å². The van der Waals surface area contributed by atoms with E-state index < -0.39 is 8.32 Å². The van der Waals surface area contributed by atoms with Gasteiger partial charge in [0.1, 0.15) is 6.29 Å². The fourth-order valence-corrected chi connectivity index (χ4v) is 2.29. The highest BCUT2D eigenvalue weighted by atomic mass is 28.4. The molecule has 0 rings (SSSR count). The fraction of sp³-hybridized carbons (Fsp3) is 0.923. The van der Waals surface area contributed by atoms with Crippen molar-refractivity contribution >= 4 is 14.6 Å². The number of hydrogen-bond donors (Lipinski definition) is 0. The fourth-order valence-electron chi connectivity index (χ4n) is 1.23. The standard InChI is InChI=1S/C13H28O2Si/c1-12(8-7-10-14)9-11-15-16(5,6)13(2,3)4/h10,12H,7-9,11H2,1-6H3. The van der Waals surface area contributed by atoms with Gasteiger partial charge in [0, 0.05) is 13.0 Å². The van der Waals surface area contributed by atoms with Gasteiger partial charge in [-0.1, -0.05) is 27.7 Å². The minimum Gasteiger partial charge on any atom is -0.417 e. The minimum absolute atomic E-state index is 0.291. The lowest BCUT2D eigenvalue weighted by Crippen LogP contribution is -2.41. The smallest absolute Gasteiger partial charge is 0.191 e. The number of aldehydes is 1. The van der Waals surface area contributed by atoms with Crippen LogP contribution in [0.3, 0.4) is 0 Å². The molecule has 1 atom stereocenters. The van der Waals surface area contributed by atoms with Gasteiger partial charge < -0.3 is 9.22 Å². The highest BCUT2D eigenvalue weighted by molar-refractivity contribution is 6.74. The minimum atomic E-state index is -1.57. The lowest BCUT2D eigenvalue weighted by Gasteiger charge is -2.36. The molecule has 0 aliphatic rings. The molecule has 0 aromatic rings. The maximum atomic E-state index is 10.2. The summed E-state index contributed by atoms with van der Waals surface area (Å²) in [5, 5.41) is 0.291. The summed E-state index contributed by atoms with van der Waals surface area (Å²) in [7, 11) is -1.57. The van der Waals surface area contributed by atoms with E-state index in [4.69, 9.17) is 4.43 Å². The van der Waals surface area contributed by atoms with Gasteiger partial charge in [-0.15, -0.1) is 0 Å². The van der Waals surface area contributed by atoms with Crippen molar-refractivity contribution in [1.82, 2.24) is 0 Å². The topological polar surface area (TPSA) is 26.3 Å². The third-order valence-corrected chi connectivity index (χ3v) is 8.20. The van der Waals surface area contributed by atoms with Gasteiger partial charge in [-0.25, -0.2) is 0 Å². The Hall–Kier alpha value is -0.153. The van der Waals surface area contributed by atoms with Crippen LogP contribution in [-0.2, 0) is 9.22 Å². The number of hydrogen-bond acceptors (Lipinski definition) is 2. The Morgan fingerprint density at radius 2 is 1.81 bits per heavy atom. The Morgan fingerprint density at radius 1 is 1.25 bits per heavy atom. The largest absolute Gasteiger partial charge is 0.417 e. The van der Waals surface area contributed by atoms with Crippen LogP contribution in [-0.4, -0.2) is 21.2 Å². The molecule has 0 saturated carbocycles. The zero-order chi connectivity index (χ0) is 12.8. The molecule has 0 heterocycles. The molecule has 0 bridgehead atoms. The molecule has 0 aliphatic carbocycles. The Kier molecular flexibility index (Phi) is 6.49. The van der Waals surface area contributed by atoms with E-state index in [-0.39, 0.29) is 0 Å². The van der Waals surface area contributed by atoms with Gasteiger partial charge in [0.2, 0.25) is 0 Å². The second kappa shape index (κ2) is 6.55. The van der Waals surface area contributed by atoms with Crippen LogP contribution in [0.2, 0.25) is 18.1 Å². The molecular weight excluding hydrogens is 216 g/mol. The molecule has 0 radical (unpaired) electrons. The maximum Gasteiger partial charge on any atom is 0.191 e. The lowest BCUT2D eigenvalue weighted by molar-refractivity contribution is -0.108. The Morgan fingerprint density at radius 3 is 2.25 bits per heavy atom. The Labute approximate surface area is 102 Å². The van der Waals surface area contributed by atoms with Crippen molar-refractivity contribution in [3.8, 4) is 0 Å². The first-order valence-electron chi connectivity index (χ1n) is 6.28. The third-order valence-electron chi connectivity index (χ3n) is 3.66. The van der Waals surface area contributed by atoms with Gasteiger partial charge >= 0.3 is 0 Å². The summed E-state index contributed by atoms with van der Waals surface area (Å²) < 4.78 is 6.10. The van der Waals surface area contributed by atoms with Crippen LogP contribution in [0.25, 0.3) is 0 Å². The first-order chi connectivity index (χ1) is 7.20. The highest BCUT2D eigenvalue weighted by Gasteiger charge is 2.36. The van der Waals surface area contributed by atoms with Crippen molar-refractivity contribution < 1.29 is 9.22 Å². The molecule has 0 N–H and O–H groups in total. The van der Waals surface area contributed by atoms with Crippen molar-refractivity contribution in [3.63, 3.8) is 0 Å². The molecule has 3 heteroatoms. The zero-order valence-electron chi connectivity index (χ0n) is 11.8. The molecule has 0 aromatic heterocycles. The van der Waals surface area contributed by atoms with E-state index in [1.807, 2.05) is 0 Å². The van der Waals surface area contributed by atoms with Crippen LogP contribution >= 0.6 is 0 Å². The Bertz CT molecular complexity index is 206. The van der Waals surface area contributed by atoms with E-state index in [9.17, 15) is 4.79 Å². The van der Waals surface area contributed by atoms with E-state index in [0.717, 1.165) is 25.7 Å². The zero-order valence-corrected chi connectivity index (χ0v) is 12.8. The Balaban J connectivity index is 3.85. The molecule has 0 fully saturated rings. The summed E-state index contributed by atoms with van der Waals surface area (Å²) in [4.78, 5) is 10.2. The van der Waals surface area contributed by atoms with Crippen molar-refractivity contribution in [1.29, 1.82) is 0 Å². The third kappa shape index (κ3) is 5.80. The molecule has 0 aliphatic heterocycles. The van der Waals surface area contributed by atoms with Crippen LogP contribution in [0.15, 0.2) is 0 Å². The molecule has 0 aromatic carbocycles. The van der Waals surface area contributed by atoms with Crippen LogP contribution in [0, 0.1) is 5.92 Å². The van der Waals surface area contributed by atoms with Gasteiger partial charge in [0.25, 0.3) is 0 Å². The quantitative estimate of drug-likeness (QED) is 0.499. The maximum absolute atomic E-state index is 10.2. The van der Waals surface area contributed by atoms with Crippen LogP contribution in [0.1, 0.15) is 47.0 Å². The summed E-state index contributed by atoms with van der Waals surface area (Å²) in [6.07, 6.45) is 3.75. The molecule has 2 nitrogen and oxygen atoms in total. The molecule has 0 amide bonds. The van der Waals surface area contributed by atoms with Gasteiger partial charge in [-0.3, -0.25) is 0 Å². The average Bonchev–Trinajstić information content (AvgIpc) is 2.12. The van der Waals surface area contributed by atoms with E-state index >= 15 is 0 Å². The molecule has 0 saturated heterocycles. The predicted molar refractivity (Wildman–Crippen MR) is 72.2 cm³/mol. The normalized spacial score (nSPS) is 14.9. The van der Waals surface area contributed by atoms with Gasteiger partial charge in [-0.05, 0) is 36.9 Å².